The zero-order valence-corrected chi connectivity index (χ0v) is 11.2. The van der Waals surface area contributed by atoms with Crippen molar-refractivity contribution in [1.29, 1.82) is 0 Å². The van der Waals surface area contributed by atoms with E-state index < -0.39 is 0 Å². The lowest BCUT2D eigenvalue weighted by molar-refractivity contribution is 0.278. The third kappa shape index (κ3) is 2.27. The first kappa shape index (κ1) is 11.7. The lowest BCUT2D eigenvalue weighted by Gasteiger charge is -2.07. The summed E-state index contributed by atoms with van der Waals surface area (Å²) in [5.74, 6) is 0. The summed E-state index contributed by atoms with van der Waals surface area (Å²) in [5.41, 5.74) is 1.85. The smallest absolute Gasteiger partial charge is 0.108 e. The average Bonchev–Trinajstić information content (AvgIpc) is 2.91. The van der Waals surface area contributed by atoms with Crippen molar-refractivity contribution in [3.8, 4) is 0 Å². The summed E-state index contributed by atoms with van der Waals surface area (Å²) in [6.45, 7) is 0.0194. The molecule has 0 saturated heterocycles. The van der Waals surface area contributed by atoms with Crippen molar-refractivity contribution >= 4 is 34.0 Å². The van der Waals surface area contributed by atoms with Crippen molar-refractivity contribution in [1.82, 2.24) is 4.98 Å². The van der Waals surface area contributed by atoms with Gasteiger partial charge in [-0.3, -0.25) is 0 Å². The van der Waals surface area contributed by atoms with Crippen molar-refractivity contribution in [2.75, 3.05) is 0 Å². The van der Waals surface area contributed by atoms with Crippen LogP contribution in [0.25, 0.3) is 10.9 Å². The highest BCUT2D eigenvalue weighted by atomic mass is 32.2. The van der Waals surface area contributed by atoms with Gasteiger partial charge in [0.15, 0.2) is 0 Å². The van der Waals surface area contributed by atoms with Gasteiger partial charge in [-0.15, -0.1) is 11.3 Å². The molecule has 3 aromatic rings. The summed E-state index contributed by atoms with van der Waals surface area (Å²) in [6, 6.07) is 14.1. The number of hydrogen-bond donors (Lipinski definition) is 1. The van der Waals surface area contributed by atoms with Crippen LogP contribution in [-0.2, 0) is 6.61 Å². The minimum atomic E-state index is 0.0194. The molecule has 0 radical (unpaired) electrons. The number of rotatable bonds is 3. The molecule has 0 saturated carbocycles. The number of nitrogens with zero attached hydrogens (tertiary/aromatic N) is 1. The Labute approximate surface area is 113 Å². The molecule has 2 aromatic heterocycles. The van der Waals surface area contributed by atoms with E-state index in [4.69, 9.17) is 0 Å². The van der Waals surface area contributed by atoms with E-state index >= 15 is 0 Å². The topological polar surface area (TPSA) is 33.1 Å². The van der Waals surface area contributed by atoms with Crippen LogP contribution in [0.3, 0.4) is 0 Å². The quantitative estimate of drug-likeness (QED) is 0.784. The van der Waals surface area contributed by atoms with Gasteiger partial charge in [-0.2, -0.15) is 0 Å². The maximum absolute atomic E-state index is 9.46. The molecule has 0 aliphatic carbocycles. The van der Waals surface area contributed by atoms with Crippen molar-refractivity contribution < 1.29 is 5.11 Å². The van der Waals surface area contributed by atoms with Crippen molar-refractivity contribution in [3.05, 3.63) is 53.4 Å². The molecule has 1 aromatic carbocycles. The number of thiophene rings is 1. The van der Waals surface area contributed by atoms with E-state index in [9.17, 15) is 5.11 Å². The number of benzene rings is 1. The van der Waals surface area contributed by atoms with E-state index in [-0.39, 0.29) is 6.61 Å². The van der Waals surface area contributed by atoms with Gasteiger partial charge in [0.2, 0.25) is 0 Å². The monoisotopic (exact) mass is 273 g/mol. The van der Waals surface area contributed by atoms with Crippen LogP contribution in [0.15, 0.2) is 57.1 Å². The van der Waals surface area contributed by atoms with Gasteiger partial charge in [0.1, 0.15) is 5.03 Å². The number of fused-ring (bicyclic) bond motifs is 1. The third-order valence-corrected chi connectivity index (χ3v) is 4.71. The fourth-order valence-corrected chi connectivity index (χ4v) is 3.54. The Hall–Kier alpha value is -1.36. The molecule has 0 aliphatic rings. The second-order valence-corrected chi connectivity index (χ2v) is 6.07. The molecule has 0 fully saturated rings. The summed E-state index contributed by atoms with van der Waals surface area (Å²) < 4.78 is 1.19. The van der Waals surface area contributed by atoms with E-state index in [1.165, 1.54) is 4.21 Å². The molecular weight excluding hydrogens is 262 g/mol. The number of aliphatic hydroxyl groups excluding tert-OH is 1. The maximum atomic E-state index is 9.46. The first-order chi connectivity index (χ1) is 8.86. The third-order valence-electron chi connectivity index (χ3n) is 2.63. The zero-order chi connectivity index (χ0) is 12.4. The van der Waals surface area contributed by atoms with Crippen molar-refractivity contribution in [3.63, 3.8) is 0 Å². The average molecular weight is 273 g/mol. The number of pyridine rings is 1. The maximum Gasteiger partial charge on any atom is 0.108 e. The first-order valence-corrected chi connectivity index (χ1v) is 7.27. The SMILES string of the molecule is OCc1cc2ccccc2nc1Sc1cccs1. The fraction of sp³-hybridized carbons (Fsp3) is 0.0714. The second-order valence-electron chi connectivity index (χ2n) is 3.84. The molecule has 2 nitrogen and oxygen atoms in total. The molecule has 1 N–H and O–H groups in total. The first-order valence-electron chi connectivity index (χ1n) is 5.58. The van der Waals surface area contributed by atoms with Crippen LogP contribution in [0.5, 0.6) is 0 Å². The van der Waals surface area contributed by atoms with Gasteiger partial charge in [0, 0.05) is 10.9 Å². The summed E-state index contributed by atoms with van der Waals surface area (Å²) >= 11 is 3.29. The Balaban J connectivity index is 2.09. The number of aromatic nitrogens is 1. The summed E-state index contributed by atoms with van der Waals surface area (Å²) in [4.78, 5) is 4.63. The van der Waals surface area contributed by atoms with Gasteiger partial charge in [0.25, 0.3) is 0 Å². The van der Waals surface area contributed by atoms with Crippen LogP contribution in [-0.4, -0.2) is 10.1 Å². The largest absolute Gasteiger partial charge is 0.392 e. The van der Waals surface area contributed by atoms with Gasteiger partial charge < -0.3 is 5.11 Å². The van der Waals surface area contributed by atoms with Gasteiger partial charge in [-0.25, -0.2) is 4.98 Å². The second kappa shape index (κ2) is 5.10. The minimum absolute atomic E-state index is 0.0194. The molecule has 0 spiro atoms. The van der Waals surface area contributed by atoms with E-state index in [1.807, 2.05) is 41.8 Å². The normalized spacial score (nSPS) is 10.9. The van der Waals surface area contributed by atoms with E-state index in [0.29, 0.717) is 0 Å². The molecule has 90 valence electrons. The molecule has 0 bridgehead atoms. The molecule has 0 amide bonds. The van der Waals surface area contributed by atoms with Crippen LogP contribution in [0.4, 0.5) is 0 Å². The minimum Gasteiger partial charge on any atom is -0.392 e. The predicted octanol–water partition coefficient (Wildman–Crippen LogP) is 3.94. The Morgan fingerprint density at radius 1 is 1.17 bits per heavy atom. The standard InChI is InChI=1S/C14H11NOS2/c16-9-11-8-10-4-1-2-5-12(10)15-14(11)18-13-6-3-7-17-13/h1-8,16H,9H2. The zero-order valence-electron chi connectivity index (χ0n) is 9.54. The molecular formula is C14H11NOS2. The Morgan fingerprint density at radius 2 is 2.06 bits per heavy atom. The van der Waals surface area contributed by atoms with E-state index in [1.54, 1.807) is 23.1 Å². The van der Waals surface area contributed by atoms with Crippen LogP contribution in [0.1, 0.15) is 5.56 Å². The lowest BCUT2D eigenvalue weighted by atomic mass is 10.2. The van der Waals surface area contributed by atoms with Gasteiger partial charge in [0.05, 0.1) is 16.3 Å². The lowest BCUT2D eigenvalue weighted by Crippen LogP contribution is -1.92. The van der Waals surface area contributed by atoms with Crippen molar-refractivity contribution in [2.24, 2.45) is 0 Å². The summed E-state index contributed by atoms with van der Waals surface area (Å²) in [7, 11) is 0. The molecule has 3 rings (SSSR count). The predicted molar refractivity (Wildman–Crippen MR) is 76.1 cm³/mol. The molecule has 0 atom stereocenters. The van der Waals surface area contributed by atoms with E-state index in [0.717, 1.165) is 21.5 Å². The molecule has 0 unspecified atom stereocenters. The highest BCUT2D eigenvalue weighted by Crippen LogP contribution is 2.33. The van der Waals surface area contributed by atoms with Crippen LogP contribution < -0.4 is 0 Å². The van der Waals surface area contributed by atoms with Crippen molar-refractivity contribution in [2.45, 2.75) is 15.8 Å². The number of aliphatic hydroxyl groups is 1. The summed E-state index contributed by atoms with van der Waals surface area (Å²) in [5, 5.41) is 13.5. The van der Waals surface area contributed by atoms with E-state index in [2.05, 4.69) is 11.1 Å². The summed E-state index contributed by atoms with van der Waals surface area (Å²) in [6.07, 6.45) is 0. The highest BCUT2D eigenvalue weighted by molar-refractivity contribution is 8.01. The number of hydrogen-bond acceptors (Lipinski definition) is 4. The molecule has 0 aliphatic heterocycles. The Kier molecular flexibility index (Phi) is 3.32. The van der Waals surface area contributed by atoms with Gasteiger partial charge >= 0.3 is 0 Å². The molecule has 18 heavy (non-hydrogen) atoms. The Morgan fingerprint density at radius 3 is 2.83 bits per heavy atom. The number of para-hydroxylation sites is 1. The van der Waals surface area contributed by atoms with Gasteiger partial charge in [-0.05, 0) is 23.6 Å². The van der Waals surface area contributed by atoms with Crippen LogP contribution in [0.2, 0.25) is 0 Å². The van der Waals surface area contributed by atoms with Crippen LogP contribution in [0, 0.1) is 0 Å². The van der Waals surface area contributed by atoms with Gasteiger partial charge in [-0.1, -0.05) is 36.0 Å². The Bertz CT molecular complexity index is 665. The fourth-order valence-electron chi connectivity index (χ4n) is 1.76. The molecule has 4 heteroatoms. The molecule has 2 heterocycles. The van der Waals surface area contributed by atoms with Crippen LogP contribution >= 0.6 is 23.1 Å². The highest BCUT2D eigenvalue weighted by Gasteiger charge is 2.08.